The van der Waals surface area contributed by atoms with Crippen LogP contribution in [0.15, 0.2) is 52.7 Å². The first-order valence-corrected chi connectivity index (χ1v) is 10.7. The molecule has 0 bridgehead atoms. The molecule has 0 fully saturated rings. The van der Waals surface area contributed by atoms with Crippen LogP contribution in [0.4, 0.5) is 10.8 Å². The van der Waals surface area contributed by atoms with Crippen molar-refractivity contribution in [2.75, 3.05) is 10.0 Å². The zero-order chi connectivity index (χ0) is 19.6. The molecule has 0 atom stereocenters. The number of hydrogen-bond donors (Lipinski definition) is 2. The van der Waals surface area contributed by atoms with Gasteiger partial charge in [-0.2, -0.15) is 0 Å². The maximum atomic E-state index is 12.6. The Hall–Kier alpha value is -2.13. The number of aromatic nitrogens is 1. The molecule has 1 heterocycles. The number of benzene rings is 2. The molecule has 140 valence electrons. The van der Waals surface area contributed by atoms with Crippen LogP contribution in [-0.2, 0) is 14.8 Å². The Morgan fingerprint density at radius 3 is 2.30 bits per heavy atom. The van der Waals surface area contributed by atoms with Gasteiger partial charge >= 0.3 is 0 Å². The first-order chi connectivity index (χ1) is 12.8. The second-order valence-corrected chi connectivity index (χ2v) is 8.74. The normalized spacial score (nSPS) is 11.2. The molecule has 0 aliphatic heterocycles. The van der Waals surface area contributed by atoms with Crippen LogP contribution in [0.25, 0.3) is 11.3 Å². The Morgan fingerprint density at radius 1 is 1.07 bits per heavy atom. The van der Waals surface area contributed by atoms with Crippen molar-refractivity contribution in [2.45, 2.75) is 11.8 Å². The number of anilines is 2. The number of carbonyl (C=O) groups excluding carboxylic acids is 1. The highest BCUT2D eigenvalue weighted by molar-refractivity contribution is 7.93. The molecule has 0 spiro atoms. The summed E-state index contributed by atoms with van der Waals surface area (Å²) < 4.78 is 27.6. The quantitative estimate of drug-likeness (QED) is 0.590. The van der Waals surface area contributed by atoms with Crippen molar-refractivity contribution >= 4 is 61.3 Å². The van der Waals surface area contributed by atoms with Crippen LogP contribution in [0.1, 0.15) is 6.92 Å². The molecule has 2 N–H and O–H groups in total. The van der Waals surface area contributed by atoms with E-state index in [0.717, 1.165) is 16.9 Å². The van der Waals surface area contributed by atoms with Gasteiger partial charge in [-0.1, -0.05) is 41.4 Å². The van der Waals surface area contributed by atoms with E-state index < -0.39 is 10.0 Å². The average Bonchev–Trinajstić information content (AvgIpc) is 3.02. The third kappa shape index (κ3) is 4.59. The number of halogens is 2. The summed E-state index contributed by atoms with van der Waals surface area (Å²) in [5.41, 5.74) is 2.04. The van der Waals surface area contributed by atoms with Gasteiger partial charge in [0.25, 0.3) is 10.0 Å². The van der Waals surface area contributed by atoms with E-state index in [0.29, 0.717) is 11.4 Å². The number of sulfonamides is 1. The van der Waals surface area contributed by atoms with Crippen LogP contribution in [-0.4, -0.2) is 19.3 Å². The molecule has 3 aromatic rings. The second kappa shape index (κ2) is 7.85. The average molecular weight is 442 g/mol. The summed E-state index contributed by atoms with van der Waals surface area (Å²) in [5, 5.41) is 4.64. The van der Waals surface area contributed by atoms with Gasteiger partial charge in [-0.15, -0.1) is 11.3 Å². The van der Waals surface area contributed by atoms with Crippen molar-refractivity contribution in [1.82, 2.24) is 4.98 Å². The molecule has 27 heavy (non-hydrogen) atoms. The van der Waals surface area contributed by atoms with Crippen LogP contribution in [0.5, 0.6) is 0 Å². The van der Waals surface area contributed by atoms with Crippen LogP contribution in [0.2, 0.25) is 10.0 Å². The van der Waals surface area contributed by atoms with Crippen molar-refractivity contribution < 1.29 is 13.2 Å². The fraction of sp³-hybridized carbons (Fsp3) is 0.0588. The minimum absolute atomic E-state index is 0.0281. The lowest BCUT2D eigenvalue weighted by Gasteiger charge is -2.08. The summed E-state index contributed by atoms with van der Waals surface area (Å²) in [6.45, 7) is 1.43. The number of nitrogens with zero attached hydrogens (tertiary/aromatic N) is 1. The molecule has 6 nitrogen and oxygen atoms in total. The Kier molecular flexibility index (Phi) is 5.71. The monoisotopic (exact) mass is 441 g/mol. The zero-order valence-electron chi connectivity index (χ0n) is 13.9. The molecule has 10 heteroatoms. The molecule has 1 aromatic heterocycles. The highest BCUT2D eigenvalue weighted by Gasteiger charge is 2.23. The maximum absolute atomic E-state index is 12.6. The highest BCUT2D eigenvalue weighted by atomic mass is 35.5. The van der Waals surface area contributed by atoms with Crippen molar-refractivity contribution in [1.29, 1.82) is 0 Å². The van der Waals surface area contributed by atoms with Gasteiger partial charge in [0.1, 0.15) is 4.90 Å². The lowest BCUT2D eigenvalue weighted by atomic mass is 10.1. The molecule has 0 unspecified atom stereocenters. The van der Waals surface area contributed by atoms with Crippen molar-refractivity contribution in [3.05, 3.63) is 57.9 Å². The minimum atomic E-state index is -3.98. The summed E-state index contributed by atoms with van der Waals surface area (Å²) in [6, 6.07) is 11.5. The minimum Gasteiger partial charge on any atom is -0.326 e. The van der Waals surface area contributed by atoms with Gasteiger partial charge in [0, 0.05) is 23.6 Å². The van der Waals surface area contributed by atoms with Gasteiger partial charge in [-0.25, -0.2) is 13.4 Å². The number of rotatable bonds is 5. The van der Waals surface area contributed by atoms with Crippen molar-refractivity contribution in [2.24, 2.45) is 0 Å². The smallest absolute Gasteiger partial charge is 0.266 e. The molecule has 0 radical (unpaired) electrons. The van der Waals surface area contributed by atoms with E-state index in [4.69, 9.17) is 23.2 Å². The summed E-state index contributed by atoms with van der Waals surface area (Å²) in [4.78, 5) is 15.2. The summed E-state index contributed by atoms with van der Waals surface area (Å²) in [5.74, 6) is -0.161. The SMILES string of the molecule is CC(=O)Nc1ccc(-c2csc(NS(=O)(=O)c3c(Cl)cccc3Cl)n2)cc1. The lowest BCUT2D eigenvalue weighted by Crippen LogP contribution is -2.13. The van der Waals surface area contributed by atoms with E-state index in [9.17, 15) is 13.2 Å². The van der Waals surface area contributed by atoms with Gasteiger partial charge in [0.15, 0.2) is 5.13 Å². The standard InChI is InChI=1S/C17H13Cl2N3O3S2/c1-10(23)20-12-7-5-11(6-8-12)15-9-26-17(21-15)22-27(24,25)16-13(18)3-2-4-14(16)19/h2-9H,1H3,(H,20,23)(H,21,22). The Balaban J connectivity index is 1.83. The third-order valence-electron chi connectivity index (χ3n) is 3.41. The fourth-order valence-corrected chi connectivity index (χ4v) is 5.40. The van der Waals surface area contributed by atoms with E-state index in [1.165, 1.54) is 19.1 Å². The van der Waals surface area contributed by atoms with Gasteiger partial charge in [0.2, 0.25) is 5.91 Å². The Labute approximate surface area is 170 Å². The van der Waals surface area contributed by atoms with Gasteiger partial charge in [-0.05, 0) is 24.3 Å². The fourth-order valence-electron chi connectivity index (χ4n) is 2.29. The predicted octanol–water partition coefficient (Wildman–Crippen LogP) is 4.88. The molecule has 2 aromatic carbocycles. The summed E-state index contributed by atoms with van der Waals surface area (Å²) in [7, 11) is -3.98. The number of carbonyl (C=O) groups is 1. The second-order valence-electron chi connectivity index (χ2n) is 5.45. The first kappa shape index (κ1) is 19.6. The summed E-state index contributed by atoms with van der Waals surface area (Å²) in [6.07, 6.45) is 0. The predicted molar refractivity (Wildman–Crippen MR) is 109 cm³/mol. The largest absolute Gasteiger partial charge is 0.326 e. The molecular formula is C17H13Cl2N3O3S2. The van der Waals surface area contributed by atoms with Crippen LogP contribution in [0, 0.1) is 0 Å². The topological polar surface area (TPSA) is 88.2 Å². The molecule has 3 rings (SSSR count). The molecule has 0 aliphatic rings. The zero-order valence-corrected chi connectivity index (χ0v) is 17.0. The third-order valence-corrected chi connectivity index (χ3v) is 6.59. The first-order valence-electron chi connectivity index (χ1n) is 7.56. The molecule has 0 saturated carbocycles. The van der Waals surface area contributed by atoms with Crippen molar-refractivity contribution in [3.8, 4) is 11.3 Å². The number of amides is 1. The van der Waals surface area contributed by atoms with Gasteiger partial charge in [-0.3, -0.25) is 9.52 Å². The Morgan fingerprint density at radius 2 is 1.70 bits per heavy atom. The number of hydrogen-bond acceptors (Lipinski definition) is 5. The maximum Gasteiger partial charge on any atom is 0.266 e. The Bertz CT molecular complexity index is 1080. The molecule has 1 amide bonds. The van der Waals surface area contributed by atoms with Gasteiger partial charge in [0.05, 0.1) is 15.7 Å². The van der Waals surface area contributed by atoms with Crippen LogP contribution >= 0.6 is 34.5 Å². The van der Waals surface area contributed by atoms with Gasteiger partial charge < -0.3 is 5.32 Å². The molecule has 0 saturated heterocycles. The van der Waals surface area contributed by atoms with E-state index >= 15 is 0 Å². The lowest BCUT2D eigenvalue weighted by molar-refractivity contribution is -0.114. The number of thiazole rings is 1. The van der Waals surface area contributed by atoms with E-state index in [-0.39, 0.29) is 26.0 Å². The van der Waals surface area contributed by atoms with Crippen molar-refractivity contribution in [3.63, 3.8) is 0 Å². The molecular weight excluding hydrogens is 429 g/mol. The summed E-state index contributed by atoms with van der Waals surface area (Å²) >= 11 is 13.1. The van der Waals surface area contributed by atoms with E-state index in [2.05, 4.69) is 15.0 Å². The highest BCUT2D eigenvalue weighted by Crippen LogP contribution is 2.32. The van der Waals surface area contributed by atoms with E-state index in [1.54, 1.807) is 35.7 Å². The number of nitrogens with one attached hydrogen (secondary N) is 2. The molecule has 0 aliphatic carbocycles. The van der Waals surface area contributed by atoms with Crippen LogP contribution in [0.3, 0.4) is 0 Å². The van der Waals surface area contributed by atoms with Crippen LogP contribution < -0.4 is 10.0 Å². The van der Waals surface area contributed by atoms with E-state index in [1.807, 2.05) is 0 Å².